The van der Waals surface area contributed by atoms with E-state index in [0.717, 1.165) is 6.54 Å². The van der Waals surface area contributed by atoms with Crippen LogP contribution in [0.4, 0.5) is 0 Å². The highest BCUT2D eigenvalue weighted by Gasteiger charge is 2.07. The van der Waals surface area contributed by atoms with Gasteiger partial charge in [-0.15, -0.1) is 0 Å². The van der Waals surface area contributed by atoms with Crippen LogP contribution in [0.25, 0.3) is 0 Å². The first-order chi connectivity index (χ1) is 10.5. The number of guanidine groups is 1. The summed E-state index contributed by atoms with van der Waals surface area (Å²) in [4.78, 5) is 4.13. The van der Waals surface area contributed by atoms with Crippen molar-refractivity contribution in [3.05, 3.63) is 35.9 Å². The number of hydrogen-bond acceptors (Lipinski definition) is 3. The molecule has 1 aromatic rings. The van der Waals surface area contributed by atoms with Crippen molar-refractivity contribution in [1.82, 2.24) is 15.4 Å². The molecule has 0 bridgehead atoms. The average Bonchev–Trinajstić information content (AvgIpc) is 2.54. The summed E-state index contributed by atoms with van der Waals surface area (Å²) in [7, 11) is -1.44. The summed E-state index contributed by atoms with van der Waals surface area (Å²) in [6.45, 7) is 5.33. The predicted molar refractivity (Wildman–Crippen MR) is 91.7 cm³/mol. The number of sulfonamides is 1. The fraction of sp³-hybridized carbons (Fsp3) is 0.533. The van der Waals surface area contributed by atoms with Crippen LogP contribution in [0, 0.1) is 0 Å². The smallest absolute Gasteiger partial charge is 0.211 e. The molecule has 0 aliphatic rings. The van der Waals surface area contributed by atoms with Crippen LogP contribution in [0.2, 0.25) is 0 Å². The first kappa shape index (κ1) is 18.4. The van der Waals surface area contributed by atoms with Gasteiger partial charge in [-0.25, -0.2) is 13.1 Å². The van der Waals surface area contributed by atoms with Gasteiger partial charge in [0.15, 0.2) is 5.96 Å². The number of nitrogens with one attached hydrogen (secondary N) is 3. The molecule has 0 spiro atoms. The minimum absolute atomic E-state index is 0.0918. The third kappa shape index (κ3) is 6.91. The molecular formula is C15H26N4O2S. The Labute approximate surface area is 133 Å². The third-order valence-corrected chi connectivity index (χ3v) is 4.69. The maximum absolute atomic E-state index is 11.3. The second kappa shape index (κ2) is 9.42. The molecular weight excluding hydrogens is 300 g/mol. The van der Waals surface area contributed by atoms with E-state index in [1.165, 1.54) is 5.56 Å². The van der Waals surface area contributed by atoms with Gasteiger partial charge in [-0.2, -0.15) is 0 Å². The molecule has 1 unspecified atom stereocenters. The van der Waals surface area contributed by atoms with Crippen LogP contribution in [0.5, 0.6) is 0 Å². The van der Waals surface area contributed by atoms with Crippen molar-refractivity contribution in [3.63, 3.8) is 0 Å². The first-order valence-corrected chi connectivity index (χ1v) is 9.10. The van der Waals surface area contributed by atoms with Gasteiger partial charge >= 0.3 is 0 Å². The van der Waals surface area contributed by atoms with E-state index in [0.29, 0.717) is 25.0 Å². The zero-order chi connectivity index (χ0) is 16.4. The van der Waals surface area contributed by atoms with Gasteiger partial charge in [0.1, 0.15) is 0 Å². The van der Waals surface area contributed by atoms with Gasteiger partial charge in [-0.05, 0) is 18.4 Å². The van der Waals surface area contributed by atoms with E-state index in [9.17, 15) is 8.42 Å². The van der Waals surface area contributed by atoms with Gasteiger partial charge in [-0.1, -0.05) is 37.3 Å². The molecule has 0 aromatic heterocycles. The lowest BCUT2D eigenvalue weighted by Crippen LogP contribution is -2.42. The monoisotopic (exact) mass is 326 g/mol. The van der Waals surface area contributed by atoms with E-state index in [1.54, 1.807) is 14.0 Å². The van der Waals surface area contributed by atoms with Crippen LogP contribution in [-0.2, 0) is 10.0 Å². The van der Waals surface area contributed by atoms with E-state index in [1.807, 2.05) is 18.2 Å². The van der Waals surface area contributed by atoms with E-state index < -0.39 is 10.0 Å². The van der Waals surface area contributed by atoms with Gasteiger partial charge in [-0.3, -0.25) is 4.99 Å². The van der Waals surface area contributed by atoms with Gasteiger partial charge in [0.25, 0.3) is 0 Å². The molecule has 124 valence electrons. The van der Waals surface area contributed by atoms with E-state index >= 15 is 0 Å². The molecule has 6 nitrogen and oxygen atoms in total. The van der Waals surface area contributed by atoms with Crippen molar-refractivity contribution in [2.24, 2.45) is 4.99 Å². The van der Waals surface area contributed by atoms with Crippen LogP contribution in [-0.4, -0.2) is 46.8 Å². The summed E-state index contributed by atoms with van der Waals surface area (Å²) in [6.07, 6.45) is 0. The summed E-state index contributed by atoms with van der Waals surface area (Å²) in [5.74, 6) is 1.12. The molecule has 0 heterocycles. The molecule has 0 radical (unpaired) electrons. The number of nitrogens with zero attached hydrogens (tertiary/aromatic N) is 1. The number of rotatable bonds is 8. The second-order valence-corrected chi connectivity index (χ2v) is 7.08. The van der Waals surface area contributed by atoms with Crippen LogP contribution in [0.3, 0.4) is 0 Å². The van der Waals surface area contributed by atoms with Crippen molar-refractivity contribution >= 4 is 16.0 Å². The maximum Gasteiger partial charge on any atom is 0.211 e. The molecule has 0 aliphatic carbocycles. The zero-order valence-electron chi connectivity index (χ0n) is 13.5. The van der Waals surface area contributed by atoms with Gasteiger partial charge in [0, 0.05) is 26.7 Å². The Morgan fingerprint density at radius 3 is 2.45 bits per heavy atom. The van der Waals surface area contributed by atoms with Crippen molar-refractivity contribution in [2.75, 3.05) is 32.4 Å². The highest BCUT2D eigenvalue weighted by molar-refractivity contribution is 7.89. The van der Waals surface area contributed by atoms with E-state index in [4.69, 9.17) is 0 Å². The van der Waals surface area contributed by atoms with Crippen molar-refractivity contribution in [1.29, 1.82) is 0 Å². The Hall–Kier alpha value is -1.60. The quantitative estimate of drug-likeness (QED) is 0.376. The molecule has 0 fully saturated rings. The molecule has 22 heavy (non-hydrogen) atoms. The Bertz CT molecular complexity index is 558. The summed E-state index contributed by atoms with van der Waals surface area (Å²) in [5, 5.41) is 6.33. The van der Waals surface area contributed by atoms with Crippen molar-refractivity contribution in [3.8, 4) is 0 Å². The summed E-state index contributed by atoms with van der Waals surface area (Å²) in [5.41, 5.74) is 1.26. The van der Waals surface area contributed by atoms with Gasteiger partial charge in [0.2, 0.25) is 10.0 Å². The van der Waals surface area contributed by atoms with Gasteiger partial charge in [0.05, 0.1) is 5.75 Å². The minimum Gasteiger partial charge on any atom is -0.356 e. The lowest BCUT2D eigenvalue weighted by molar-refractivity contribution is 0.581. The summed E-state index contributed by atoms with van der Waals surface area (Å²) in [6, 6.07) is 10.3. The predicted octanol–water partition coefficient (Wildman–Crippen LogP) is 0.894. The van der Waals surface area contributed by atoms with Crippen LogP contribution in [0.15, 0.2) is 35.3 Å². The molecule has 1 aromatic carbocycles. The molecule has 0 saturated carbocycles. The molecule has 1 atom stereocenters. The third-order valence-electron chi connectivity index (χ3n) is 3.29. The van der Waals surface area contributed by atoms with E-state index in [2.05, 4.69) is 39.4 Å². The fourth-order valence-electron chi connectivity index (χ4n) is 1.86. The normalized spacial score (nSPS) is 13.7. The second-order valence-electron chi connectivity index (χ2n) is 4.99. The Morgan fingerprint density at radius 2 is 1.86 bits per heavy atom. The number of hydrogen-bond donors (Lipinski definition) is 3. The first-order valence-electron chi connectivity index (χ1n) is 7.45. The molecule has 0 amide bonds. The zero-order valence-corrected chi connectivity index (χ0v) is 14.3. The summed E-state index contributed by atoms with van der Waals surface area (Å²) >= 11 is 0. The average molecular weight is 326 g/mol. The SMILES string of the molecule is CCS(=O)(=O)NCCNC(=NC)NCC(C)c1ccccc1. The molecule has 0 aliphatic heterocycles. The van der Waals surface area contributed by atoms with Crippen molar-refractivity contribution < 1.29 is 8.42 Å². The summed E-state index contributed by atoms with van der Waals surface area (Å²) < 4.78 is 25.1. The Morgan fingerprint density at radius 1 is 1.18 bits per heavy atom. The Balaban J connectivity index is 2.31. The lowest BCUT2D eigenvalue weighted by atomic mass is 10.0. The van der Waals surface area contributed by atoms with Crippen molar-refractivity contribution in [2.45, 2.75) is 19.8 Å². The van der Waals surface area contributed by atoms with E-state index in [-0.39, 0.29) is 5.75 Å². The minimum atomic E-state index is -3.14. The molecule has 7 heteroatoms. The number of aliphatic imine (C=N–C) groups is 1. The standard InChI is InChI=1S/C15H26N4O2S/c1-4-22(20,21)19-11-10-17-15(16-3)18-12-13(2)14-8-6-5-7-9-14/h5-9,13,19H,4,10-12H2,1-3H3,(H2,16,17,18). The van der Waals surface area contributed by atoms with Crippen LogP contribution < -0.4 is 15.4 Å². The topological polar surface area (TPSA) is 82.6 Å². The molecule has 1 rings (SSSR count). The molecule has 3 N–H and O–H groups in total. The van der Waals surface area contributed by atoms with Crippen LogP contribution in [0.1, 0.15) is 25.3 Å². The fourth-order valence-corrected chi connectivity index (χ4v) is 2.48. The Kier molecular flexibility index (Phi) is 7.90. The van der Waals surface area contributed by atoms with Gasteiger partial charge < -0.3 is 10.6 Å². The highest BCUT2D eigenvalue weighted by atomic mass is 32.2. The molecule has 0 saturated heterocycles. The highest BCUT2D eigenvalue weighted by Crippen LogP contribution is 2.12. The largest absolute Gasteiger partial charge is 0.356 e. The lowest BCUT2D eigenvalue weighted by Gasteiger charge is -2.16. The maximum atomic E-state index is 11.3. The van der Waals surface area contributed by atoms with Crippen LogP contribution >= 0.6 is 0 Å². The number of benzene rings is 1.